The van der Waals surface area contributed by atoms with Gasteiger partial charge in [0.2, 0.25) is 0 Å². The van der Waals surface area contributed by atoms with E-state index in [4.69, 9.17) is 16.3 Å². The van der Waals surface area contributed by atoms with E-state index in [1.54, 1.807) is 24.3 Å². The zero-order valence-electron chi connectivity index (χ0n) is 9.72. The van der Waals surface area contributed by atoms with Crippen molar-refractivity contribution >= 4 is 21.7 Å². The molecule has 0 radical (unpaired) electrons. The average Bonchev–Trinajstić information content (AvgIpc) is 2.25. The maximum Gasteiger partial charge on any atom is 0.264 e. The van der Waals surface area contributed by atoms with Crippen molar-refractivity contribution in [3.8, 4) is 5.75 Å². The largest absolute Gasteiger partial charge is 0.493 e. The molecule has 96 valence electrons. The first kappa shape index (κ1) is 14.3. The summed E-state index contributed by atoms with van der Waals surface area (Å²) in [6, 6.07) is 6.97. The van der Waals surface area contributed by atoms with Crippen molar-refractivity contribution in [2.75, 3.05) is 19.5 Å². The van der Waals surface area contributed by atoms with Crippen LogP contribution in [0.15, 0.2) is 24.3 Å². The Morgan fingerprint density at radius 3 is 2.35 bits per heavy atom. The fourth-order valence-corrected chi connectivity index (χ4v) is 1.66. The van der Waals surface area contributed by atoms with Gasteiger partial charge in [-0.2, -0.15) is 8.42 Å². The van der Waals surface area contributed by atoms with E-state index in [1.165, 1.54) is 0 Å². The zero-order valence-corrected chi connectivity index (χ0v) is 11.3. The molecule has 0 saturated heterocycles. The summed E-state index contributed by atoms with van der Waals surface area (Å²) in [6.07, 6.45) is 1.03. The van der Waals surface area contributed by atoms with Crippen LogP contribution in [0.25, 0.3) is 0 Å². The first-order valence-electron chi connectivity index (χ1n) is 5.09. The second-order valence-electron chi connectivity index (χ2n) is 3.86. The molecular formula is C11H15ClO4S. The molecule has 0 aliphatic carbocycles. The maximum atomic E-state index is 10.8. The molecule has 1 aromatic rings. The third-order valence-corrected chi connectivity index (χ3v) is 2.73. The highest BCUT2D eigenvalue weighted by atomic mass is 35.5. The maximum absolute atomic E-state index is 10.8. The molecule has 0 aliphatic rings. The van der Waals surface area contributed by atoms with Gasteiger partial charge in [0, 0.05) is 10.9 Å². The van der Waals surface area contributed by atoms with Crippen LogP contribution in [0.2, 0.25) is 5.02 Å². The number of hydrogen-bond donors (Lipinski definition) is 0. The van der Waals surface area contributed by atoms with Crippen molar-refractivity contribution in [3.63, 3.8) is 0 Å². The minimum absolute atomic E-state index is 0.0135. The Balaban J connectivity index is 2.33. The Morgan fingerprint density at radius 2 is 1.82 bits per heavy atom. The summed E-state index contributed by atoms with van der Waals surface area (Å²) in [4.78, 5) is 0. The van der Waals surface area contributed by atoms with Crippen molar-refractivity contribution in [1.29, 1.82) is 0 Å². The van der Waals surface area contributed by atoms with Crippen LogP contribution in [-0.4, -0.2) is 27.9 Å². The van der Waals surface area contributed by atoms with E-state index in [2.05, 4.69) is 4.18 Å². The van der Waals surface area contributed by atoms with Crippen molar-refractivity contribution in [1.82, 2.24) is 0 Å². The highest BCUT2D eigenvalue weighted by Gasteiger charge is 2.08. The van der Waals surface area contributed by atoms with Gasteiger partial charge >= 0.3 is 0 Å². The van der Waals surface area contributed by atoms with Gasteiger partial charge in [-0.05, 0) is 24.3 Å². The summed E-state index contributed by atoms with van der Waals surface area (Å²) in [5.74, 6) is 0.681. The van der Waals surface area contributed by atoms with Crippen LogP contribution in [0.5, 0.6) is 5.75 Å². The van der Waals surface area contributed by atoms with Gasteiger partial charge in [0.1, 0.15) is 5.75 Å². The van der Waals surface area contributed by atoms with Gasteiger partial charge in [0.25, 0.3) is 10.1 Å². The number of benzene rings is 1. The van der Waals surface area contributed by atoms with Crippen LogP contribution in [-0.2, 0) is 14.3 Å². The lowest BCUT2D eigenvalue weighted by atomic mass is 10.2. The molecule has 0 heterocycles. The summed E-state index contributed by atoms with van der Waals surface area (Å²) in [7, 11) is -3.38. The van der Waals surface area contributed by atoms with E-state index in [1.807, 2.05) is 6.92 Å². The van der Waals surface area contributed by atoms with Crippen molar-refractivity contribution in [3.05, 3.63) is 29.3 Å². The summed E-state index contributed by atoms with van der Waals surface area (Å²) >= 11 is 5.73. The molecule has 1 atom stereocenters. The molecule has 6 heteroatoms. The molecule has 0 unspecified atom stereocenters. The Bertz CT molecular complexity index is 441. The number of halogens is 1. The SMILES string of the molecule is C[C@H](COc1ccc(Cl)cc1)COS(C)(=O)=O. The van der Waals surface area contributed by atoms with Gasteiger partial charge < -0.3 is 4.74 Å². The lowest BCUT2D eigenvalue weighted by Gasteiger charge is -2.12. The molecular weight excluding hydrogens is 264 g/mol. The molecule has 0 N–H and O–H groups in total. The van der Waals surface area contributed by atoms with Gasteiger partial charge in [-0.15, -0.1) is 0 Å². The summed E-state index contributed by atoms with van der Waals surface area (Å²) in [6.45, 7) is 2.35. The fourth-order valence-electron chi connectivity index (χ4n) is 1.06. The minimum Gasteiger partial charge on any atom is -0.493 e. The molecule has 0 aliphatic heterocycles. The Kier molecular flexibility index (Phi) is 5.24. The third-order valence-electron chi connectivity index (χ3n) is 1.91. The monoisotopic (exact) mass is 278 g/mol. The van der Waals surface area contributed by atoms with E-state index in [0.29, 0.717) is 17.4 Å². The van der Waals surface area contributed by atoms with E-state index in [0.717, 1.165) is 6.26 Å². The number of ether oxygens (including phenoxy) is 1. The van der Waals surface area contributed by atoms with Crippen LogP contribution < -0.4 is 4.74 Å². The van der Waals surface area contributed by atoms with E-state index in [9.17, 15) is 8.42 Å². The quantitative estimate of drug-likeness (QED) is 0.750. The van der Waals surface area contributed by atoms with E-state index >= 15 is 0 Å². The molecule has 0 bridgehead atoms. The molecule has 1 rings (SSSR count). The summed E-state index contributed by atoms with van der Waals surface area (Å²) < 4.78 is 31.7. The third kappa shape index (κ3) is 6.51. The summed E-state index contributed by atoms with van der Waals surface area (Å²) in [5, 5.41) is 0.644. The lowest BCUT2D eigenvalue weighted by Crippen LogP contribution is -2.17. The molecule has 17 heavy (non-hydrogen) atoms. The fraction of sp³-hybridized carbons (Fsp3) is 0.455. The highest BCUT2D eigenvalue weighted by Crippen LogP contribution is 2.16. The van der Waals surface area contributed by atoms with Crippen LogP contribution in [0.4, 0.5) is 0 Å². The van der Waals surface area contributed by atoms with Gasteiger partial charge in [-0.25, -0.2) is 0 Å². The van der Waals surface area contributed by atoms with Crippen molar-refractivity contribution in [2.24, 2.45) is 5.92 Å². The second kappa shape index (κ2) is 6.23. The molecule has 0 fully saturated rings. The van der Waals surface area contributed by atoms with Gasteiger partial charge in [0.15, 0.2) is 0 Å². The molecule has 0 saturated carbocycles. The first-order chi connectivity index (χ1) is 7.87. The van der Waals surface area contributed by atoms with Crippen LogP contribution in [0.3, 0.4) is 0 Å². The van der Waals surface area contributed by atoms with E-state index < -0.39 is 10.1 Å². The standard InChI is InChI=1S/C11H15ClO4S/c1-9(8-16-17(2,13)14)7-15-11-5-3-10(12)4-6-11/h3-6,9H,7-8H2,1-2H3/t9-/m1/s1. The highest BCUT2D eigenvalue weighted by molar-refractivity contribution is 7.85. The summed E-state index contributed by atoms with van der Waals surface area (Å²) in [5.41, 5.74) is 0. The Hall–Kier alpha value is -0.780. The molecule has 4 nitrogen and oxygen atoms in total. The minimum atomic E-state index is -3.38. The smallest absolute Gasteiger partial charge is 0.264 e. The molecule has 0 aromatic heterocycles. The predicted molar refractivity (Wildman–Crippen MR) is 66.9 cm³/mol. The lowest BCUT2D eigenvalue weighted by molar-refractivity contribution is 0.193. The van der Waals surface area contributed by atoms with Gasteiger partial charge in [-0.3, -0.25) is 4.18 Å². The Labute approximate surface area is 107 Å². The van der Waals surface area contributed by atoms with Crippen LogP contribution in [0, 0.1) is 5.92 Å². The predicted octanol–water partition coefficient (Wildman–Crippen LogP) is 2.33. The molecule has 1 aromatic carbocycles. The average molecular weight is 279 g/mol. The van der Waals surface area contributed by atoms with Crippen molar-refractivity contribution in [2.45, 2.75) is 6.92 Å². The molecule has 0 amide bonds. The number of hydrogen-bond acceptors (Lipinski definition) is 4. The Morgan fingerprint density at radius 1 is 1.24 bits per heavy atom. The van der Waals surface area contributed by atoms with E-state index in [-0.39, 0.29) is 12.5 Å². The van der Waals surface area contributed by atoms with Crippen LogP contribution in [0.1, 0.15) is 6.92 Å². The second-order valence-corrected chi connectivity index (χ2v) is 5.94. The van der Waals surface area contributed by atoms with Crippen molar-refractivity contribution < 1.29 is 17.3 Å². The topological polar surface area (TPSA) is 52.6 Å². The normalized spacial score (nSPS) is 13.4. The molecule has 0 spiro atoms. The number of rotatable bonds is 6. The first-order valence-corrected chi connectivity index (χ1v) is 7.29. The van der Waals surface area contributed by atoms with Crippen LogP contribution >= 0.6 is 11.6 Å². The van der Waals surface area contributed by atoms with Gasteiger partial charge in [-0.1, -0.05) is 18.5 Å². The zero-order chi connectivity index (χ0) is 12.9. The van der Waals surface area contributed by atoms with Gasteiger partial charge in [0.05, 0.1) is 19.5 Å².